The molecule has 0 unspecified atom stereocenters. The van der Waals surface area contributed by atoms with Crippen molar-refractivity contribution in [3.8, 4) is 0 Å². The van der Waals surface area contributed by atoms with Crippen molar-refractivity contribution in [3.63, 3.8) is 0 Å². The van der Waals surface area contributed by atoms with E-state index in [4.69, 9.17) is 10.5 Å². The molecule has 29 heavy (non-hydrogen) atoms. The van der Waals surface area contributed by atoms with Gasteiger partial charge in [-0.3, -0.25) is 10.1 Å². The van der Waals surface area contributed by atoms with Gasteiger partial charge < -0.3 is 15.4 Å². The van der Waals surface area contributed by atoms with E-state index < -0.39 is 11.7 Å². The number of nitrogens with zero attached hydrogens (tertiary/aromatic N) is 1. The molecular formula is C23H31N3O3. The highest BCUT2D eigenvalue weighted by atomic mass is 16.6. The average Bonchev–Trinajstić information content (AvgIpc) is 2.63. The second-order valence-corrected chi connectivity index (χ2v) is 8.16. The summed E-state index contributed by atoms with van der Waals surface area (Å²) >= 11 is 0. The Balaban J connectivity index is 2.24. The van der Waals surface area contributed by atoms with Crippen molar-refractivity contribution in [1.82, 2.24) is 4.90 Å². The van der Waals surface area contributed by atoms with Crippen molar-refractivity contribution in [2.24, 2.45) is 5.73 Å². The molecule has 0 radical (unpaired) electrons. The summed E-state index contributed by atoms with van der Waals surface area (Å²) in [5.41, 5.74) is 9.67. The Morgan fingerprint density at radius 3 is 2.28 bits per heavy atom. The lowest BCUT2D eigenvalue weighted by molar-refractivity contribution is -0.130. The molecule has 0 bridgehead atoms. The van der Waals surface area contributed by atoms with Crippen LogP contribution < -0.4 is 11.1 Å². The van der Waals surface area contributed by atoms with Crippen molar-refractivity contribution >= 4 is 17.7 Å². The lowest BCUT2D eigenvalue weighted by atomic mass is 10.0. The molecule has 0 aliphatic carbocycles. The van der Waals surface area contributed by atoms with Crippen LogP contribution in [0.5, 0.6) is 0 Å². The van der Waals surface area contributed by atoms with Crippen LogP contribution in [0.15, 0.2) is 42.5 Å². The maximum absolute atomic E-state index is 12.4. The number of nitrogens with two attached hydrogens (primary N) is 1. The van der Waals surface area contributed by atoms with Gasteiger partial charge in [0.25, 0.3) is 0 Å². The number of hydrogen-bond donors (Lipinski definition) is 2. The largest absolute Gasteiger partial charge is 0.444 e. The number of hydrogen-bond acceptors (Lipinski definition) is 4. The Labute approximate surface area is 173 Å². The van der Waals surface area contributed by atoms with E-state index in [0.717, 1.165) is 22.3 Å². The number of benzene rings is 2. The smallest absolute Gasteiger partial charge is 0.412 e. The molecule has 0 spiro atoms. The minimum absolute atomic E-state index is 0.0548. The van der Waals surface area contributed by atoms with Gasteiger partial charge in [-0.15, -0.1) is 0 Å². The van der Waals surface area contributed by atoms with Gasteiger partial charge in [0.05, 0.1) is 6.54 Å². The molecule has 0 aromatic heterocycles. The standard InChI is InChI=1S/C23H31N3O3/c1-16-11-17(2)20(25-22(28)29-23(3,4)5)12-19(16)15-26(21(27)13-24)14-18-9-7-6-8-10-18/h6-12H,13-15,24H2,1-5H3,(H,25,28). The molecule has 2 amide bonds. The number of carbonyl (C=O) groups excluding carboxylic acids is 2. The van der Waals surface area contributed by atoms with E-state index in [1.807, 2.05) is 77.1 Å². The molecule has 2 rings (SSSR count). The fraction of sp³-hybridized carbons (Fsp3) is 0.391. The van der Waals surface area contributed by atoms with Crippen LogP contribution in [0.3, 0.4) is 0 Å². The number of rotatable bonds is 6. The maximum Gasteiger partial charge on any atom is 0.412 e. The van der Waals surface area contributed by atoms with E-state index in [9.17, 15) is 9.59 Å². The van der Waals surface area contributed by atoms with Gasteiger partial charge in [-0.05, 0) is 62.9 Å². The Morgan fingerprint density at radius 2 is 1.69 bits per heavy atom. The first-order valence-corrected chi connectivity index (χ1v) is 9.71. The quantitative estimate of drug-likeness (QED) is 0.767. The third-order valence-electron chi connectivity index (χ3n) is 4.42. The molecule has 6 nitrogen and oxygen atoms in total. The van der Waals surface area contributed by atoms with Crippen molar-refractivity contribution < 1.29 is 14.3 Å². The van der Waals surface area contributed by atoms with Crippen LogP contribution in [0.1, 0.15) is 43.0 Å². The van der Waals surface area contributed by atoms with Crippen molar-refractivity contribution in [2.75, 3.05) is 11.9 Å². The Bertz CT molecular complexity index is 858. The molecule has 0 aliphatic rings. The lowest BCUT2D eigenvalue weighted by Crippen LogP contribution is -2.35. The number of anilines is 1. The van der Waals surface area contributed by atoms with Gasteiger partial charge in [-0.1, -0.05) is 36.4 Å². The van der Waals surface area contributed by atoms with Crippen LogP contribution in [-0.4, -0.2) is 29.0 Å². The summed E-state index contributed by atoms with van der Waals surface area (Å²) in [6, 6.07) is 13.7. The monoisotopic (exact) mass is 397 g/mol. The molecule has 2 aromatic carbocycles. The summed E-state index contributed by atoms with van der Waals surface area (Å²) in [4.78, 5) is 26.3. The normalized spacial score (nSPS) is 11.1. The SMILES string of the molecule is Cc1cc(C)c(NC(=O)OC(C)(C)C)cc1CN(Cc1ccccc1)C(=O)CN. The molecule has 3 N–H and O–H groups in total. The molecule has 0 heterocycles. The third kappa shape index (κ3) is 6.91. The number of aryl methyl sites for hydroxylation is 2. The summed E-state index contributed by atoms with van der Waals surface area (Å²) in [5.74, 6) is -0.129. The summed E-state index contributed by atoms with van der Waals surface area (Å²) in [7, 11) is 0. The predicted molar refractivity (Wildman–Crippen MR) is 116 cm³/mol. The van der Waals surface area contributed by atoms with E-state index in [1.165, 1.54) is 0 Å². The van der Waals surface area contributed by atoms with Crippen LogP contribution >= 0.6 is 0 Å². The van der Waals surface area contributed by atoms with Gasteiger partial charge in [0.15, 0.2) is 0 Å². The molecule has 156 valence electrons. The van der Waals surface area contributed by atoms with E-state index in [1.54, 1.807) is 4.90 Å². The highest BCUT2D eigenvalue weighted by Gasteiger charge is 2.19. The van der Waals surface area contributed by atoms with Gasteiger partial charge in [-0.2, -0.15) is 0 Å². The molecule has 0 aliphatic heterocycles. The number of nitrogens with one attached hydrogen (secondary N) is 1. The highest BCUT2D eigenvalue weighted by Crippen LogP contribution is 2.23. The molecule has 6 heteroatoms. The molecular weight excluding hydrogens is 366 g/mol. The van der Waals surface area contributed by atoms with Gasteiger partial charge in [0.2, 0.25) is 5.91 Å². The molecule has 0 fully saturated rings. The van der Waals surface area contributed by atoms with E-state index in [0.29, 0.717) is 18.8 Å². The Hall–Kier alpha value is -2.86. The zero-order valence-corrected chi connectivity index (χ0v) is 17.9. The summed E-state index contributed by atoms with van der Waals surface area (Å²) in [6.45, 7) is 10.2. The fourth-order valence-electron chi connectivity index (χ4n) is 2.99. The summed E-state index contributed by atoms with van der Waals surface area (Å²) < 4.78 is 5.35. The van der Waals surface area contributed by atoms with Crippen molar-refractivity contribution in [2.45, 2.75) is 53.3 Å². The molecule has 0 atom stereocenters. The summed E-state index contributed by atoms with van der Waals surface area (Å²) in [5, 5.41) is 2.81. The topological polar surface area (TPSA) is 84.7 Å². The van der Waals surface area contributed by atoms with Gasteiger partial charge in [0, 0.05) is 18.8 Å². The summed E-state index contributed by atoms with van der Waals surface area (Å²) in [6.07, 6.45) is -0.505. The van der Waals surface area contributed by atoms with Gasteiger partial charge in [0.1, 0.15) is 5.60 Å². The Morgan fingerprint density at radius 1 is 1.03 bits per heavy atom. The first kappa shape index (κ1) is 22.4. The Kier molecular flexibility index (Phi) is 7.40. The van der Waals surface area contributed by atoms with Crippen LogP contribution in [0.4, 0.5) is 10.5 Å². The maximum atomic E-state index is 12.4. The van der Waals surface area contributed by atoms with E-state index in [2.05, 4.69) is 5.32 Å². The number of amides is 2. The van der Waals surface area contributed by atoms with Crippen molar-refractivity contribution in [1.29, 1.82) is 0 Å². The van der Waals surface area contributed by atoms with E-state index >= 15 is 0 Å². The predicted octanol–water partition coefficient (Wildman–Crippen LogP) is 4.14. The van der Waals surface area contributed by atoms with Gasteiger partial charge in [-0.25, -0.2) is 4.79 Å². The van der Waals surface area contributed by atoms with Crippen LogP contribution in [0.2, 0.25) is 0 Å². The highest BCUT2D eigenvalue weighted by molar-refractivity contribution is 5.86. The fourth-order valence-corrected chi connectivity index (χ4v) is 2.99. The zero-order chi connectivity index (χ0) is 21.6. The average molecular weight is 398 g/mol. The first-order valence-electron chi connectivity index (χ1n) is 9.71. The minimum atomic E-state index is -0.578. The lowest BCUT2D eigenvalue weighted by Gasteiger charge is -2.25. The molecule has 2 aromatic rings. The first-order chi connectivity index (χ1) is 13.6. The van der Waals surface area contributed by atoms with Crippen molar-refractivity contribution in [3.05, 3.63) is 64.7 Å². The van der Waals surface area contributed by atoms with Gasteiger partial charge >= 0.3 is 6.09 Å². The van der Waals surface area contributed by atoms with Crippen LogP contribution in [-0.2, 0) is 22.6 Å². The number of carbonyl (C=O) groups is 2. The third-order valence-corrected chi connectivity index (χ3v) is 4.42. The molecule has 0 saturated carbocycles. The second kappa shape index (κ2) is 9.56. The zero-order valence-electron chi connectivity index (χ0n) is 17.9. The van der Waals surface area contributed by atoms with Crippen LogP contribution in [0.25, 0.3) is 0 Å². The molecule has 0 saturated heterocycles. The second-order valence-electron chi connectivity index (χ2n) is 8.16. The minimum Gasteiger partial charge on any atom is -0.444 e. The van der Waals surface area contributed by atoms with Crippen LogP contribution in [0, 0.1) is 13.8 Å². The van der Waals surface area contributed by atoms with E-state index in [-0.39, 0.29) is 12.5 Å². The number of ether oxygens (including phenoxy) is 1.